The van der Waals surface area contributed by atoms with E-state index in [0.717, 1.165) is 34.8 Å². The first kappa shape index (κ1) is 17.4. The summed E-state index contributed by atoms with van der Waals surface area (Å²) in [5, 5.41) is 15.8. The lowest BCUT2D eigenvalue weighted by atomic mass is 10.0. The van der Waals surface area contributed by atoms with E-state index in [-0.39, 0.29) is 11.5 Å². The minimum atomic E-state index is -0.448. The van der Waals surface area contributed by atoms with Crippen molar-refractivity contribution in [2.75, 3.05) is 13.1 Å². The fourth-order valence-electron chi connectivity index (χ4n) is 4.75. The lowest BCUT2D eigenvalue weighted by Gasteiger charge is -2.18. The van der Waals surface area contributed by atoms with Crippen LogP contribution in [0.2, 0.25) is 0 Å². The van der Waals surface area contributed by atoms with Crippen molar-refractivity contribution in [3.8, 4) is 0 Å². The number of nitrogens with one attached hydrogen (secondary N) is 1. The molecule has 28 heavy (non-hydrogen) atoms. The number of likely N-dealkylation sites (tertiary alicyclic amines) is 1. The van der Waals surface area contributed by atoms with Crippen LogP contribution in [0.3, 0.4) is 0 Å². The van der Waals surface area contributed by atoms with Gasteiger partial charge in [-0.25, -0.2) is 0 Å². The molecule has 1 aromatic carbocycles. The Hall–Kier alpha value is -2.67. The van der Waals surface area contributed by atoms with Gasteiger partial charge in [0.15, 0.2) is 0 Å². The zero-order valence-electron chi connectivity index (χ0n) is 15.9. The van der Waals surface area contributed by atoms with Crippen molar-refractivity contribution in [1.29, 1.82) is 0 Å². The van der Waals surface area contributed by atoms with E-state index in [0.29, 0.717) is 36.5 Å². The Bertz CT molecular complexity index is 1140. The van der Waals surface area contributed by atoms with Crippen LogP contribution in [0.5, 0.6) is 0 Å². The van der Waals surface area contributed by atoms with Gasteiger partial charge in [-0.05, 0) is 43.9 Å². The third-order valence-corrected chi connectivity index (χ3v) is 6.26. The number of aliphatic hydroxyl groups is 1. The highest BCUT2D eigenvalue weighted by Gasteiger charge is 2.27. The lowest BCUT2D eigenvalue weighted by molar-refractivity contribution is 0.0764. The molecule has 0 unspecified atom stereocenters. The number of amides is 1. The zero-order chi connectivity index (χ0) is 19.4. The number of aliphatic hydroxyl groups excluding tert-OH is 1. The summed E-state index contributed by atoms with van der Waals surface area (Å²) in [6.07, 6.45) is 6.29. The maximum Gasteiger partial charge on any atom is 0.259 e. The van der Waals surface area contributed by atoms with Crippen molar-refractivity contribution in [1.82, 2.24) is 19.7 Å². The molecule has 1 atom stereocenters. The highest BCUT2D eigenvalue weighted by atomic mass is 16.3. The second kappa shape index (κ2) is 6.44. The third-order valence-electron chi connectivity index (χ3n) is 6.26. The lowest BCUT2D eigenvalue weighted by Crippen LogP contribution is -2.30. The molecule has 1 saturated heterocycles. The minimum Gasteiger partial charge on any atom is -0.391 e. The molecule has 1 saturated carbocycles. The highest BCUT2D eigenvalue weighted by Crippen LogP contribution is 2.34. The number of carbonyl (C=O) groups excluding carboxylic acids is 1. The zero-order valence-corrected chi connectivity index (χ0v) is 15.9. The van der Waals surface area contributed by atoms with Gasteiger partial charge in [-0.15, -0.1) is 0 Å². The fourth-order valence-corrected chi connectivity index (χ4v) is 4.75. The van der Waals surface area contributed by atoms with Gasteiger partial charge in [0.1, 0.15) is 0 Å². The molecule has 7 heteroatoms. The quantitative estimate of drug-likeness (QED) is 0.715. The summed E-state index contributed by atoms with van der Waals surface area (Å²) in [6, 6.07) is 4.07. The predicted octanol–water partition coefficient (Wildman–Crippen LogP) is 2.51. The normalized spacial score (nSPS) is 20.6. The van der Waals surface area contributed by atoms with Gasteiger partial charge in [-0.3, -0.25) is 14.3 Å². The number of aromatic nitrogens is 3. The molecule has 0 bridgehead atoms. The number of nitrogens with zero attached hydrogens (tertiary/aromatic N) is 3. The van der Waals surface area contributed by atoms with Crippen molar-refractivity contribution in [3.05, 3.63) is 39.8 Å². The molecule has 1 aliphatic carbocycles. The van der Waals surface area contributed by atoms with Gasteiger partial charge >= 0.3 is 0 Å². The van der Waals surface area contributed by atoms with Gasteiger partial charge in [0.05, 0.1) is 34.8 Å². The van der Waals surface area contributed by atoms with Crippen LogP contribution in [-0.4, -0.2) is 49.9 Å². The van der Waals surface area contributed by atoms with Crippen LogP contribution in [0.1, 0.15) is 54.1 Å². The Morgan fingerprint density at radius 1 is 1.21 bits per heavy atom. The van der Waals surface area contributed by atoms with Gasteiger partial charge in [-0.2, -0.15) is 5.10 Å². The van der Waals surface area contributed by atoms with E-state index in [9.17, 15) is 14.7 Å². The molecule has 3 heterocycles. The van der Waals surface area contributed by atoms with Crippen molar-refractivity contribution in [2.24, 2.45) is 0 Å². The van der Waals surface area contributed by atoms with Crippen LogP contribution in [0, 0.1) is 6.92 Å². The van der Waals surface area contributed by atoms with Crippen LogP contribution >= 0.6 is 0 Å². The minimum absolute atomic E-state index is 0.0674. The molecule has 1 amide bonds. The maximum atomic E-state index is 13.1. The number of rotatable bonds is 2. The Balaban J connectivity index is 1.71. The molecule has 2 fully saturated rings. The van der Waals surface area contributed by atoms with Gasteiger partial charge in [0, 0.05) is 24.0 Å². The van der Waals surface area contributed by atoms with E-state index in [1.54, 1.807) is 11.1 Å². The van der Waals surface area contributed by atoms with Crippen molar-refractivity contribution < 1.29 is 9.90 Å². The Morgan fingerprint density at radius 2 is 2.00 bits per heavy atom. The molecule has 2 aliphatic rings. The monoisotopic (exact) mass is 380 g/mol. The first-order valence-electron chi connectivity index (χ1n) is 10.0. The molecule has 7 nitrogen and oxygen atoms in total. The van der Waals surface area contributed by atoms with Crippen LogP contribution in [0.15, 0.2) is 23.1 Å². The number of β-amino-alcohol motifs (C(OH)–C–C–N with tert-alkyl or cyclic N) is 1. The van der Waals surface area contributed by atoms with E-state index >= 15 is 0 Å². The summed E-state index contributed by atoms with van der Waals surface area (Å²) in [6.45, 7) is 2.83. The average Bonchev–Trinajstić information content (AvgIpc) is 3.41. The summed E-state index contributed by atoms with van der Waals surface area (Å²) in [5.74, 6) is -0.0674. The number of fused-ring (bicyclic) bond motifs is 3. The summed E-state index contributed by atoms with van der Waals surface area (Å²) < 4.78 is 1.99. The van der Waals surface area contributed by atoms with Gasteiger partial charge in [0.25, 0.3) is 11.5 Å². The molecule has 0 spiro atoms. The molecular formula is C21H24N4O3. The molecule has 146 valence electrons. The number of benzene rings is 1. The number of hydrogen-bond donors (Lipinski definition) is 2. The highest BCUT2D eigenvalue weighted by molar-refractivity contribution is 6.07. The van der Waals surface area contributed by atoms with Gasteiger partial charge in [-0.1, -0.05) is 12.8 Å². The molecule has 5 rings (SSSR count). The number of pyridine rings is 1. The molecule has 0 radical (unpaired) electrons. The second-order valence-electron chi connectivity index (χ2n) is 8.15. The van der Waals surface area contributed by atoms with E-state index in [2.05, 4.69) is 10.1 Å². The molecule has 2 aromatic heterocycles. The summed E-state index contributed by atoms with van der Waals surface area (Å²) >= 11 is 0. The van der Waals surface area contributed by atoms with E-state index in [4.69, 9.17) is 0 Å². The van der Waals surface area contributed by atoms with Crippen molar-refractivity contribution in [3.63, 3.8) is 0 Å². The van der Waals surface area contributed by atoms with E-state index in [1.165, 1.54) is 12.8 Å². The predicted molar refractivity (Wildman–Crippen MR) is 107 cm³/mol. The van der Waals surface area contributed by atoms with Crippen LogP contribution in [0.4, 0.5) is 0 Å². The topological polar surface area (TPSA) is 91.2 Å². The largest absolute Gasteiger partial charge is 0.391 e. The summed E-state index contributed by atoms with van der Waals surface area (Å²) in [7, 11) is 0. The van der Waals surface area contributed by atoms with Crippen LogP contribution in [0.25, 0.3) is 21.8 Å². The van der Waals surface area contributed by atoms with Crippen molar-refractivity contribution in [2.45, 2.75) is 51.2 Å². The molecular weight excluding hydrogens is 356 g/mol. The second-order valence-corrected chi connectivity index (χ2v) is 8.15. The smallest absolute Gasteiger partial charge is 0.259 e. The maximum absolute atomic E-state index is 13.1. The number of aryl methyl sites for hydroxylation is 1. The van der Waals surface area contributed by atoms with Gasteiger partial charge < -0.3 is 15.0 Å². The van der Waals surface area contributed by atoms with E-state index < -0.39 is 6.10 Å². The Kier molecular flexibility index (Phi) is 4.01. The van der Waals surface area contributed by atoms with Gasteiger partial charge in [0.2, 0.25) is 0 Å². The van der Waals surface area contributed by atoms with Crippen molar-refractivity contribution >= 4 is 27.7 Å². The fraction of sp³-hybridized carbons (Fsp3) is 0.476. The average molecular weight is 380 g/mol. The SMILES string of the molecule is Cc1cc2[nH]c(=O)c3cnn(C4CCCC4)c3c2cc1C(=O)N1CC[C@H](O)C1. The first-order chi connectivity index (χ1) is 13.5. The third kappa shape index (κ3) is 2.64. The molecule has 1 aliphatic heterocycles. The summed E-state index contributed by atoms with van der Waals surface area (Å²) in [4.78, 5) is 30.3. The molecule has 2 N–H and O–H groups in total. The number of carbonyl (C=O) groups is 1. The standard InChI is InChI=1S/C21H24N4O3/c1-12-8-18-16(9-15(12)21(28)24-7-6-14(26)11-24)19-17(20(27)23-18)10-22-25(19)13-4-2-3-5-13/h8-10,13-14,26H,2-7,11H2,1H3,(H,23,27)/t14-/m0/s1. The van der Waals surface area contributed by atoms with Crippen LogP contribution in [-0.2, 0) is 0 Å². The number of H-pyrrole nitrogens is 1. The van der Waals surface area contributed by atoms with Crippen LogP contribution < -0.4 is 5.56 Å². The summed E-state index contributed by atoms with van der Waals surface area (Å²) in [5.41, 5.74) is 2.84. The Labute approximate surface area is 162 Å². The molecule has 3 aromatic rings. The number of aromatic amines is 1. The number of hydrogen-bond acceptors (Lipinski definition) is 4. The Morgan fingerprint density at radius 3 is 2.71 bits per heavy atom. The first-order valence-corrected chi connectivity index (χ1v) is 10.0. The van der Waals surface area contributed by atoms with E-state index in [1.807, 2.05) is 23.7 Å².